The van der Waals surface area contributed by atoms with Gasteiger partial charge in [0.05, 0.1) is 12.9 Å². The molecule has 0 aliphatic rings. The van der Waals surface area contributed by atoms with Crippen molar-refractivity contribution in [3.05, 3.63) is 47.4 Å². The Morgan fingerprint density at radius 1 is 1.29 bits per heavy atom. The van der Waals surface area contributed by atoms with Crippen molar-refractivity contribution in [3.8, 4) is 0 Å². The predicted octanol–water partition coefficient (Wildman–Crippen LogP) is 0.140. The molecule has 0 saturated carbocycles. The predicted molar refractivity (Wildman–Crippen MR) is 50.7 cm³/mol. The minimum absolute atomic E-state index is 0.0350. The zero-order chi connectivity index (χ0) is 9.80. The van der Waals surface area contributed by atoms with Crippen LogP contribution in [0.5, 0.6) is 0 Å². The number of hydrogen-bond donors (Lipinski definition) is 0. The van der Waals surface area contributed by atoms with E-state index in [2.05, 4.69) is 10.1 Å². The van der Waals surface area contributed by atoms with Gasteiger partial charge in [-0.1, -0.05) is 0 Å². The van der Waals surface area contributed by atoms with E-state index in [4.69, 9.17) is 0 Å². The Morgan fingerprint density at radius 3 is 2.93 bits per heavy atom. The standard InChI is InChI=1S/C9H10N4O/c14-9-2-4-10-8-12(9)6-7-13-5-1-3-11-13/h1-5,8H,6-7H2. The molecular formula is C9H10N4O. The Bertz CT molecular complexity index is 446. The van der Waals surface area contributed by atoms with Crippen LogP contribution in [0, 0.1) is 0 Å². The Morgan fingerprint density at radius 2 is 2.21 bits per heavy atom. The second kappa shape index (κ2) is 3.87. The van der Waals surface area contributed by atoms with Crippen LogP contribution in [0.3, 0.4) is 0 Å². The highest BCUT2D eigenvalue weighted by Crippen LogP contribution is 1.86. The molecule has 0 aliphatic carbocycles. The molecule has 72 valence electrons. The van der Waals surface area contributed by atoms with Crippen LogP contribution in [0.1, 0.15) is 0 Å². The van der Waals surface area contributed by atoms with Crippen molar-refractivity contribution in [2.24, 2.45) is 0 Å². The van der Waals surface area contributed by atoms with E-state index in [1.165, 1.54) is 18.6 Å². The van der Waals surface area contributed by atoms with Crippen LogP contribution in [0.25, 0.3) is 0 Å². The number of nitrogens with zero attached hydrogens (tertiary/aromatic N) is 4. The van der Waals surface area contributed by atoms with E-state index in [9.17, 15) is 4.79 Å². The molecule has 0 spiro atoms. The minimum atomic E-state index is -0.0350. The summed E-state index contributed by atoms with van der Waals surface area (Å²) in [5, 5.41) is 4.04. The zero-order valence-corrected chi connectivity index (χ0v) is 7.58. The van der Waals surface area contributed by atoms with Gasteiger partial charge in [-0.05, 0) is 6.07 Å². The first-order chi connectivity index (χ1) is 6.86. The van der Waals surface area contributed by atoms with Crippen molar-refractivity contribution in [2.75, 3.05) is 0 Å². The first-order valence-electron chi connectivity index (χ1n) is 4.34. The van der Waals surface area contributed by atoms with Gasteiger partial charge in [0.1, 0.15) is 0 Å². The lowest BCUT2D eigenvalue weighted by Gasteiger charge is -2.03. The molecule has 0 aliphatic heterocycles. The van der Waals surface area contributed by atoms with Crippen LogP contribution in [-0.4, -0.2) is 19.3 Å². The van der Waals surface area contributed by atoms with E-state index >= 15 is 0 Å². The lowest BCUT2D eigenvalue weighted by atomic mass is 10.5. The molecule has 2 aromatic heterocycles. The van der Waals surface area contributed by atoms with Crippen molar-refractivity contribution >= 4 is 0 Å². The molecule has 5 nitrogen and oxygen atoms in total. The summed E-state index contributed by atoms with van der Waals surface area (Å²) < 4.78 is 3.33. The summed E-state index contributed by atoms with van der Waals surface area (Å²) in [7, 11) is 0. The summed E-state index contributed by atoms with van der Waals surface area (Å²) in [4.78, 5) is 15.2. The molecule has 0 bridgehead atoms. The van der Waals surface area contributed by atoms with E-state index in [1.807, 2.05) is 12.3 Å². The Labute approximate surface area is 80.6 Å². The third-order valence-corrected chi connectivity index (χ3v) is 1.92. The molecular weight excluding hydrogens is 180 g/mol. The largest absolute Gasteiger partial charge is 0.297 e. The van der Waals surface area contributed by atoms with Gasteiger partial charge in [-0.2, -0.15) is 5.10 Å². The fourth-order valence-corrected chi connectivity index (χ4v) is 1.19. The highest BCUT2D eigenvalue weighted by Gasteiger charge is 1.94. The average Bonchev–Trinajstić information content (AvgIpc) is 2.69. The molecule has 0 aromatic carbocycles. The maximum Gasteiger partial charge on any atom is 0.253 e. The number of aryl methyl sites for hydroxylation is 2. The van der Waals surface area contributed by atoms with Crippen molar-refractivity contribution in [2.45, 2.75) is 13.1 Å². The smallest absolute Gasteiger partial charge is 0.253 e. The second-order valence-electron chi connectivity index (χ2n) is 2.88. The van der Waals surface area contributed by atoms with Gasteiger partial charge in [-0.15, -0.1) is 0 Å². The van der Waals surface area contributed by atoms with Gasteiger partial charge in [0.15, 0.2) is 0 Å². The van der Waals surface area contributed by atoms with Gasteiger partial charge in [0.25, 0.3) is 5.56 Å². The van der Waals surface area contributed by atoms with Gasteiger partial charge in [0, 0.05) is 31.2 Å². The van der Waals surface area contributed by atoms with Gasteiger partial charge >= 0.3 is 0 Å². The van der Waals surface area contributed by atoms with E-state index in [0.717, 1.165) is 0 Å². The van der Waals surface area contributed by atoms with Crippen molar-refractivity contribution in [3.63, 3.8) is 0 Å². The Balaban J connectivity index is 2.06. The molecule has 5 heteroatoms. The molecule has 14 heavy (non-hydrogen) atoms. The quantitative estimate of drug-likeness (QED) is 0.691. The molecule has 2 aromatic rings. The maximum atomic E-state index is 11.3. The van der Waals surface area contributed by atoms with Crippen LogP contribution in [0.2, 0.25) is 0 Å². The molecule has 2 heterocycles. The van der Waals surface area contributed by atoms with Gasteiger partial charge in [0.2, 0.25) is 0 Å². The average molecular weight is 190 g/mol. The summed E-state index contributed by atoms with van der Waals surface area (Å²) in [5.41, 5.74) is -0.0350. The van der Waals surface area contributed by atoms with Gasteiger partial charge in [-0.25, -0.2) is 4.98 Å². The highest BCUT2D eigenvalue weighted by molar-refractivity contribution is 4.82. The van der Waals surface area contributed by atoms with Crippen molar-refractivity contribution in [1.82, 2.24) is 19.3 Å². The molecule has 0 radical (unpaired) electrons. The fraction of sp³-hybridized carbons (Fsp3) is 0.222. The SMILES string of the molecule is O=c1ccncn1CCn1cccn1. The van der Waals surface area contributed by atoms with Crippen LogP contribution in [0.4, 0.5) is 0 Å². The van der Waals surface area contributed by atoms with E-state index in [1.54, 1.807) is 15.4 Å². The van der Waals surface area contributed by atoms with Crippen LogP contribution in [0.15, 0.2) is 41.8 Å². The first kappa shape index (κ1) is 8.68. The second-order valence-corrected chi connectivity index (χ2v) is 2.88. The molecule has 2 rings (SSSR count). The number of hydrogen-bond acceptors (Lipinski definition) is 3. The normalized spacial score (nSPS) is 10.3. The minimum Gasteiger partial charge on any atom is -0.297 e. The number of aromatic nitrogens is 4. The summed E-state index contributed by atoms with van der Waals surface area (Å²) in [6, 6.07) is 3.30. The Hall–Kier alpha value is -1.91. The molecule has 0 amide bonds. The summed E-state index contributed by atoms with van der Waals surface area (Å²) in [6.45, 7) is 1.27. The summed E-state index contributed by atoms with van der Waals surface area (Å²) in [6.07, 6.45) is 6.60. The molecule has 0 unspecified atom stereocenters. The molecule has 0 fully saturated rings. The number of rotatable bonds is 3. The topological polar surface area (TPSA) is 52.7 Å². The lowest BCUT2D eigenvalue weighted by molar-refractivity contribution is 0.519. The highest BCUT2D eigenvalue weighted by atomic mass is 16.1. The zero-order valence-electron chi connectivity index (χ0n) is 7.58. The molecule has 0 atom stereocenters. The van der Waals surface area contributed by atoms with Gasteiger partial charge < -0.3 is 0 Å². The van der Waals surface area contributed by atoms with Crippen LogP contribution >= 0.6 is 0 Å². The Kier molecular flexibility index (Phi) is 2.40. The fourth-order valence-electron chi connectivity index (χ4n) is 1.19. The van der Waals surface area contributed by atoms with Crippen LogP contribution in [-0.2, 0) is 13.1 Å². The summed E-state index contributed by atoms with van der Waals surface area (Å²) >= 11 is 0. The van der Waals surface area contributed by atoms with E-state index in [0.29, 0.717) is 13.1 Å². The van der Waals surface area contributed by atoms with Crippen LogP contribution < -0.4 is 5.56 Å². The third kappa shape index (κ3) is 1.87. The summed E-state index contributed by atoms with van der Waals surface area (Å²) in [5.74, 6) is 0. The van der Waals surface area contributed by atoms with Crippen molar-refractivity contribution in [1.29, 1.82) is 0 Å². The van der Waals surface area contributed by atoms with E-state index in [-0.39, 0.29) is 5.56 Å². The maximum absolute atomic E-state index is 11.3. The third-order valence-electron chi connectivity index (χ3n) is 1.92. The van der Waals surface area contributed by atoms with Crippen molar-refractivity contribution < 1.29 is 0 Å². The lowest BCUT2D eigenvalue weighted by Crippen LogP contribution is -2.21. The van der Waals surface area contributed by atoms with E-state index < -0.39 is 0 Å². The first-order valence-corrected chi connectivity index (χ1v) is 4.34. The van der Waals surface area contributed by atoms with Gasteiger partial charge in [-0.3, -0.25) is 14.0 Å². The molecule has 0 saturated heterocycles. The molecule has 0 N–H and O–H groups in total. The monoisotopic (exact) mass is 190 g/mol.